The zero-order valence-corrected chi connectivity index (χ0v) is 30.0. The number of carbonyl (C=O) groups is 1. The summed E-state index contributed by atoms with van der Waals surface area (Å²) in [5.41, 5.74) is 5.90. The number of ether oxygens (including phenoxy) is 2. The summed E-state index contributed by atoms with van der Waals surface area (Å²) in [6, 6.07) is 14.4. The van der Waals surface area contributed by atoms with Gasteiger partial charge in [-0.3, -0.25) is 4.68 Å². The van der Waals surface area contributed by atoms with Gasteiger partial charge in [-0.15, -0.1) is 0 Å². The van der Waals surface area contributed by atoms with Crippen LogP contribution in [-0.2, 0) is 24.8 Å². The Labute approximate surface area is 292 Å². The molecule has 0 radical (unpaired) electrons. The first-order chi connectivity index (χ1) is 23.3. The van der Waals surface area contributed by atoms with Gasteiger partial charge in [0.05, 0.1) is 22.8 Å². The molecule has 1 N–H and O–H groups in total. The molecule has 2 aliphatic heterocycles. The monoisotopic (exact) mass is 685 g/mol. The predicted molar refractivity (Wildman–Crippen MR) is 193 cm³/mol. The third-order valence-corrected chi connectivity index (χ3v) is 10.3. The van der Waals surface area contributed by atoms with Crippen LogP contribution in [0.2, 0.25) is 5.02 Å². The fourth-order valence-electron chi connectivity index (χ4n) is 7.69. The fourth-order valence-corrected chi connectivity index (χ4v) is 7.94. The van der Waals surface area contributed by atoms with E-state index in [4.69, 9.17) is 26.2 Å². The number of nitrogens with one attached hydrogen (secondary N) is 1. The second-order valence-electron chi connectivity index (χ2n) is 14.9. The summed E-state index contributed by atoms with van der Waals surface area (Å²) in [4.78, 5) is 16.8. The molecule has 2 aliphatic rings. The molecule has 0 bridgehead atoms. The van der Waals surface area contributed by atoms with Gasteiger partial charge in [0.1, 0.15) is 22.9 Å². The van der Waals surface area contributed by atoms with E-state index in [1.807, 2.05) is 69.8 Å². The zero-order chi connectivity index (χ0) is 34.7. The number of aromatic nitrogens is 3. The normalized spacial score (nSPS) is 15.9. The van der Waals surface area contributed by atoms with Crippen molar-refractivity contribution in [3.8, 4) is 16.9 Å². The first-order valence-corrected chi connectivity index (χ1v) is 17.5. The second-order valence-corrected chi connectivity index (χ2v) is 15.3. The molecule has 49 heavy (non-hydrogen) atoms. The van der Waals surface area contributed by atoms with Crippen LogP contribution in [0.3, 0.4) is 0 Å². The Kier molecular flexibility index (Phi) is 8.74. The third-order valence-electron chi connectivity index (χ3n) is 10.0. The van der Waals surface area contributed by atoms with Crippen LogP contribution < -0.4 is 10.1 Å². The lowest BCUT2D eigenvalue weighted by Gasteiger charge is -2.56. The number of nitrogens with zero attached hydrogens (tertiary/aromatic N) is 4. The molecular weight excluding hydrogens is 641 g/mol. The minimum Gasteiger partial charge on any atom is -0.493 e. The summed E-state index contributed by atoms with van der Waals surface area (Å²) in [6.45, 7) is 15.9. The SMILES string of the molecule is Cc1nn(C)c(C)c1-c1c(Cl)ccc2c(CCCOc3cccc4cc(F)ccc34)c(C(=O)OC(C)(C)C)n(CCN3CC4(CNC4)C3)c12. The Morgan fingerprint density at radius 2 is 1.80 bits per heavy atom. The molecule has 0 amide bonds. The molecule has 3 aromatic carbocycles. The van der Waals surface area contributed by atoms with E-state index >= 15 is 0 Å². The molecule has 1 spiro atoms. The van der Waals surface area contributed by atoms with Crippen molar-refractivity contribution in [1.82, 2.24) is 24.6 Å². The van der Waals surface area contributed by atoms with Gasteiger partial charge in [-0.2, -0.15) is 5.10 Å². The van der Waals surface area contributed by atoms with Crippen molar-refractivity contribution in [1.29, 1.82) is 0 Å². The number of likely N-dealkylation sites (tertiary alicyclic amines) is 1. The van der Waals surface area contributed by atoms with Crippen LogP contribution >= 0.6 is 11.6 Å². The average Bonchev–Trinajstić information content (AvgIpc) is 3.44. The first kappa shape index (κ1) is 33.6. The smallest absolute Gasteiger partial charge is 0.355 e. The molecular formula is C39H45ClFN5O3. The second kappa shape index (κ2) is 12.8. The van der Waals surface area contributed by atoms with Crippen molar-refractivity contribution in [3.63, 3.8) is 0 Å². The van der Waals surface area contributed by atoms with E-state index in [-0.39, 0.29) is 11.8 Å². The van der Waals surface area contributed by atoms with E-state index in [0.717, 1.165) is 82.5 Å². The maximum absolute atomic E-state index is 14.3. The molecule has 5 aromatic rings. The van der Waals surface area contributed by atoms with Crippen LogP contribution in [-0.4, -0.2) is 70.1 Å². The fraction of sp³-hybridized carbons (Fsp3) is 0.436. The van der Waals surface area contributed by atoms with Gasteiger partial charge in [-0.05, 0) is 88.7 Å². The highest BCUT2D eigenvalue weighted by Crippen LogP contribution is 2.43. The summed E-state index contributed by atoms with van der Waals surface area (Å²) >= 11 is 7.10. The average molecular weight is 686 g/mol. The number of esters is 1. The van der Waals surface area contributed by atoms with E-state index in [0.29, 0.717) is 47.9 Å². The number of halogens is 2. The van der Waals surface area contributed by atoms with E-state index < -0.39 is 5.60 Å². The third kappa shape index (κ3) is 6.33. The lowest BCUT2D eigenvalue weighted by molar-refractivity contribution is -0.0406. The highest BCUT2D eigenvalue weighted by Gasteiger charge is 2.47. The summed E-state index contributed by atoms with van der Waals surface area (Å²) in [5.74, 6) is 0.0825. The summed E-state index contributed by atoms with van der Waals surface area (Å²) in [5, 5.41) is 11.4. The van der Waals surface area contributed by atoms with Gasteiger partial charge >= 0.3 is 5.97 Å². The van der Waals surface area contributed by atoms with Crippen molar-refractivity contribution in [2.24, 2.45) is 12.5 Å². The molecule has 2 saturated heterocycles. The number of fused-ring (bicyclic) bond motifs is 2. The van der Waals surface area contributed by atoms with Crippen molar-refractivity contribution in [3.05, 3.63) is 82.0 Å². The quantitative estimate of drug-likeness (QED) is 0.121. The lowest BCUT2D eigenvalue weighted by atomic mass is 9.74. The van der Waals surface area contributed by atoms with Crippen molar-refractivity contribution < 1.29 is 18.7 Å². The van der Waals surface area contributed by atoms with Gasteiger partial charge in [-0.25, -0.2) is 9.18 Å². The van der Waals surface area contributed by atoms with Gasteiger partial charge in [-0.1, -0.05) is 29.8 Å². The summed E-state index contributed by atoms with van der Waals surface area (Å²) in [6.07, 6.45) is 1.24. The summed E-state index contributed by atoms with van der Waals surface area (Å²) in [7, 11) is 1.94. The Hall–Kier alpha value is -3.92. The lowest BCUT2D eigenvalue weighted by Crippen LogP contribution is -2.71. The van der Waals surface area contributed by atoms with Crippen molar-refractivity contribution >= 4 is 39.2 Å². The van der Waals surface area contributed by atoms with E-state index in [2.05, 4.69) is 21.7 Å². The number of rotatable bonds is 10. The molecule has 8 nitrogen and oxygen atoms in total. The van der Waals surface area contributed by atoms with Crippen LogP contribution in [0.5, 0.6) is 5.75 Å². The number of hydrogen-bond acceptors (Lipinski definition) is 6. The van der Waals surface area contributed by atoms with Gasteiger partial charge in [0.15, 0.2) is 0 Å². The molecule has 258 valence electrons. The van der Waals surface area contributed by atoms with Crippen LogP contribution in [0.1, 0.15) is 54.6 Å². The maximum Gasteiger partial charge on any atom is 0.355 e. The van der Waals surface area contributed by atoms with Crippen molar-refractivity contribution in [2.75, 3.05) is 39.3 Å². The number of aryl methyl sites for hydroxylation is 3. The molecule has 0 unspecified atom stereocenters. The van der Waals surface area contributed by atoms with Crippen LogP contribution in [0.25, 0.3) is 32.8 Å². The summed E-state index contributed by atoms with van der Waals surface area (Å²) < 4.78 is 30.3. The van der Waals surface area contributed by atoms with Gasteiger partial charge in [0, 0.05) is 79.3 Å². The van der Waals surface area contributed by atoms with E-state index in [1.165, 1.54) is 12.1 Å². The topological polar surface area (TPSA) is 73.6 Å². The van der Waals surface area contributed by atoms with Crippen LogP contribution in [0.15, 0.2) is 48.5 Å². The van der Waals surface area contributed by atoms with Crippen LogP contribution in [0.4, 0.5) is 4.39 Å². The van der Waals surface area contributed by atoms with E-state index in [9.17, 15) is 9.18 Å². The van der Waals surface area contributed by atoms with E-state index in [1.54, 1.807) is 6.07 Å². The molecule has 2 fully saturated rings. The molecule has 10 heteroatoms. The van der Waals surface area contributed by atoms with Crippen molar-refractivity contribution in [2.45, 2.75) is 59.6 Å². The molecule has 2 aromatic heterocycles. The molecule has 4 heterocycles. The highest BCUT2D eigenvalue weighted by atomic mass is 35.5. The van der Waals surface area contributed by atoms with Gasteiger partial charge in [0.2, 0.25) is 0 Å². The standard InChI is InChI=1S/C39H45ClFN5O3/c1-24-33(25(2)44(6)43-24)34-31(40)15-14-30-29(10-8-18-48-32-11-7-9-26-19-27(41)12-13-28(26)32)36(37(47)49-38(3,4)5)46(35(30)34)17-16-45-22-39(23-45)20-42-21-39/h7,9,11-15,19,42H,8,10,16-18,20-23H2,1-6H3. The Morgan fingerprint density at radius 1 is 1.04 bits per heavy atom. The maximum atomic E-state index is 14.3. The minimum absolute atomic E-state index is 0.277. The van der Waals surface area contributed by atoms with Gasteiger partial charge in [0.25, 0.3) is 0 Å². The molecule has 7 rings (SSSR count). The number of hydrogen-bond donors (Lipinski definition) is 1. The highest BCUT2D eigenvalue weighted by molar-refractivity contribution is 6.35. The predicted octanol–water partition coefficient (Wildman–Crippen LogP) is 7.48. The minimum atomic E-state index is -0.676. The molecule has 0 saturated carbocycles. The zero-order valence-electron chi connectivity index (χ0n) is 29.3. The Morgan fingerprint density at radius 3 is 2.47 bits per heavy atom. The number of benzene rings is 3. The first-order valence-electron chi connectivity index (χ1n) is 17.2. The van der Waals surface area contributed by atoms with Crippen LogP contribution in [0, 0.1) is 25.1 Å². The largest absolute Gasteiger partial charge is 0.493 e. The molecule has 0 aliphatic carbocycles. The Bertz CT molecular complexity index is 2070. The molecule has 0 atom stereocenters. The van der Waals surface area contributed by atoms with Gasteiger partial charge < -0.3 is 24.3 Å². The number of carbonyl (C=O) groups excluding carboxylic acids is 1. The Balaban J connectivity index is 1.29.